The number of anilines is 1. The van der Waals surface area contributed by atoms with Crippen molar-refractivity contribution < 1.29 is 19.5 Å². The largest absolute Gasteiger partial charge is 0.388 e. The van der Waals surface area contributed by atoms with Gasteiger partial charge in [-0.15, -0.1) is 0 Å². The minimum absolute atomic E-state index is 0.0948. The van der Waals surface area contributed by atoms with Crippen LogP contribution in [0.3, 0.4) is 0 Å². The smallest absolute Gasteiger partial charge is 0.251 e. The predicted molar refractivity (Wildman–Crippen MR) is 114 cm³/mol. The standard InChI is InChI=1S/C22H24N4O4/c1-14(24)21(29)25-18-10-6-16(7-11-18)3-2-15-4-8-17(9-5-15)22(30)26-19(12-23)20(28)13-27/h4-11,14,19,27H,12-13,23-24H2,1H3,(H,25,29)(H,26,30)/t14-,19-/m0/s1. The first-order valence-corrected chi connectivity index (χ1v) is 9.27. The number of benzene rings is 2. The zero-order chi connectivity index (χ0) is 22.1. The highest BCUT2D eigenvalue weighted by Gasteiger charge is 2.18. The van der Waals surface area contributed by atoms with Gasteiger partial charge in [-0.2, -0.15) is 0 Å². The Morgan fingerprint density at radius 2 is 1.53 bits per heavy atom. The highest BCUT2D eigenvalue weighted by Crippen LogP contribution is 2.10. The molecule has 8 nitrogen and oxygen atoms in total. The van der Waals surface area contributed by atoms with Gasteiger partial charge in [-0.3, -0.25) is 14.4 Å². The zero-order valence-electron chi connectivity index (χ0n) is 16.5. The number of hydrogen-bond acceptors (Lipinski definition) is 6. The van der Waals surface area contributed by atoms with Gasteiger partial charge in [0.1, 0.15) is 12.6 Å². The van der Waals surface area contributed by atoms with Crippen LogP contribution in [-0.4, -0.2) is 47.9 Å². The van der Waals surface area contributed by atoms with Crippen molar-refractivity contribution >= 4 is 23.3 Å². The molecule has 0 saturated carbocycles. The number of hydrogen-bond donors (Lipinski definition) is 5. The molecule has 2 amide bonds. The molecule has 0 aliphatic carbocycles. The van der Waals surface area contributed by atoms with Gasteiger partial charge < -0.3 is 27.2 Å². The van der Waals surface area contributed by atoms with Gasteiger partial charge in [-0.05, 0) is 55.5 Å². The van der Waals surface area contributed by atoms with Crippen LogP contribution in [0.4, 0.5) is 5.69 Å². The van der Waals surface area contributed by atoms with Crippen LogP contribution in [0.15, 0.2) is 48.5 Å². The van der Waals surface area contributed by atoms with E-state index in [2.05, 4.69) is 22.5 Å². The fraction of sp³-hybridized carbons (Fsp3) is 0.227. The Hall–Kier alpha value is -3.51. The normalized spacial score (nSPS) is 12.1. The molecule has 2 aromatic carbocycles. The van der Waals surface area contributed by atoms with E-state index in [0.717, 1.165) is 5.56 Å². The van der Waals surface area contributed by atoms with E-state index in [1.54, 1.807) is 55.5 Å². The second kappa shape index (κ2) is 10.9. The second-order valence-electron chi connectivity index (χ2n) is 6.57. The Morgan fingerprint density at radius 3 is 2.00 bits per heavy atom. The minimum Gasteiger partial charge on any atom is -0.388 e. The molecule has 30 heavy (non-hydrogen) atoms. The summed E-state index contributed by atoms with van der Waals surface area (Å²) in [4.78, 5) is 35.3. The Labute approximate surface area is 174 Å². The zero-order valence-corrected chi connectivity index (χ0v) is 16.5. The SMILES string of the molecule is C[C@H](N)C(=O)Nc1ccc(C#Cc2ccc(C(=O)N[C@@H](CN)C(=O)CO)cc2)cc1. The van der Waals surface area contributed by atoms with E-state index in [1.807, 2.05) is 0 Å². The van der Waals surface area contributed by atoms with Gasteiger partial charge >= 0.3 is 0 Å². The van der Waals surface area contributed by atoms with E-state index in [4.69, 9.17) is 16.6 Å². The van der Waals surface area contributed by atoms with E-state index >= 15 is 0 Å². The lowest BCUT2D eigenvalue weighted by atomic mass is 10.1. The number of nitrogens with one attached hydrogen (secondary N) is 2. The van der Waals surface area contributed by atoms with E-state index in [1.165, 1.54) is 0 Å². The van der Waals surface area contributed by atoms with Gasteiger partial charge in [0.25, 0.3) is 5.91 Å². The summed E-state index contributed by atoms with van der Waals surface area (Å²) >= 11 is 0. The van der Waals surface area contributed by atoms with Crippen molar-refractivity contribution in [1.82, 2.24) is 5.32 Å². The van der Waals surface area contributed by atoms with Crippen LogP contribution < -0.4 is 22.1 Å². The fourth-order valence-corrected chi connectivity index (χ4v) is 2.36. The quantitative estimate of drug-likeness (QED) is 0.407. The predicted octanol–water partition coefficient (Wildman–Crippen LogP) is -0.00940. The van der Waals surface area contributed by atoms with Crippen molar-refractivity contribution in [2.75, 3.05) is 18.5 Å². The van der Waals surface area contributed by atoms with Crippen LogP contribution in [0.25, 0.3) is 0 Å². The molecule has 0 heterocycles. The molecule has 0 fully saturated rings. The highest BCUT2D eigenvalue weighted by molar-refractivity contribution is 5.98. The minimum atomic E-state index is -0.928. The van der Waals surface area contributed by atoms with Crippen molar-refractivity contribution in [2.45, 2.75) is 19.0 Å². The third-order valence-corrected chi connectivity index (χ3v) is 4.15. The van der Waals surface area contributed by atoms with Crippen LogP contribution >= 0.6 is 0 Å². The van der Waals surface area contributed by atoms with Crippen LogP contribution in [0.2, 0.25) is 0 Å². The monoisotopic (exact) mass is 408 g/mol. The summed E-state index contributed by atoms with van der Waals surface area (Å²) in [5.74, 6) is 4.71. The molecule has 8 heteroatoms. The molecule has 0 bridgehead atoms. The maximum atomic E-state index is 12.2. The summed E-state index contributed by atoms with van der Waals surface area (Å²) in [5, 5.41) is 14.1. The van der Waals surface area contributed by atoms with Gasteiger partial charge in [0.05, 0.1) is 6.04 Å². The number of aliphatic hydroxyl groups is 1. The number of nitrogens with two attached hydrogens (primary N) is 2. The summed E-state index contributed by atoms with van der Waals surface area (Å²) in [6.45, 7) is 0.827. The van der Waals surface area contributed by atoms with Crippen LogP contribution in [0, 0.1) is 11.8 Å². The van der Waals surface area contributed by atoms with Crippen LogP contribution in [0.1, 0.15) is 28.4 Å². The molecular formula is C22H24N4O4. The topological polar surface area (TPSA) is 148 Å². The maximum absolute atomic E-state index is 12.2. The Morgan fingerprint density at radius 1 is 1.00 bits per heavy atom. The number of carbonyl (C=O) groups excluding carboxylic acids is 3. The number of ketones is 1. The fourth-order valence-electron chi connectivity index (χ4n) is 2.36. The molecule has 0 radical (unpaired) electrons. The van der Waals surface area contributed by atoms with Crippen molar-refractivity contribution in [1.29, 1.82) is 0 Å². The summed E-state index contributed by atoms with van der Waals surface area (Å²) in [6, 6.07) is 12.0. The molecule has 7 N–H and O–H groups in total. The molecule has 0 aliphatic rings. The number of aliphatic hydroxyl groups excluding tert-OH is 1. The molecular weight excluding hydrogens is 384 g/mol. The molecule has 0 unspecified atom stereocenters. The third-order valence-electron chi connectivity index (χ3n) is 4.15. The average Bonchev–Trinajstić information content (AvgIpc) is 2.76. The van der Waals surface area contributed by atoms with Crippen LogP contribution in [0.5, 0.6) is 0 Å². The molecule has 0 saturated heterocycles. The average molecular weight is 408 g/mol. The summed E-state index contributed by atoms with van der Waals surface area (Å²) in [7, 11) is 0. The van der Waals surface area contributed by atoms with E-state index in [-0.39, 0.29) is 12.5 Å². The summed E-state index contributed by atoms with van der Waals surface area (Å²) in [5.41, 5.74) is 13.4. The van der Waals surface area contributed by atoms with Crippen molar-refractivity contribution in [3.8, 4) is 11.8 Å². The lowest BCUT2D eigenvalue weighted by Crippen LogP contribution is -2.46. The van der Waals surface area contributed by atoms with Gasteiger partial charge in [-0.25, -0.2) is 0 Å². The molecule has 156 valence electrons. The van der Waals surface area contributed by atoms with Gasteiger partial charge in [0.15, 0.2) is 5.78 Å². The summed E-state index contributed by atoms with van der Waals surface area (Å²) in [6.07, 6.45) is 0. The van der Waals surface area contributed by atoms with Crippen molar-refractivity contribution in [3.05, 3.63) is 65.2 Å². The molecule has 0 aromatic heterocycles. The summed E-state index contributed by atoms with van der Waals surface area (Å²) < 4.78 is 0. The first kappa shape index (κ1) is 22.8. The van der Waals surface area contributed by atoms with E-state index in [9.17, 15) is 14.4 Å². The Bertz CT molecular complexity index is 957. The van der Waals surface area contributed by atoms with Gasteiger partial charge in [-0.1, -0.05) is 11.8 Å². The molecule has 2 rings (SSSR count). The van der Waals surface area contributed by atoms with Crippen molar-refractivity contribution in [3.63, 3.8) is 0 Å². The molecule has 0 aliphatic heterocycles. The number of rotatable bonds is 7. The van der Waals surface area contributed by atoms with Gasteiger partial charge in [0.2, 0.25) is 5.91 Å². The van der Waals surface area contributed by atoms with E-state index in [0.29, 0.717) is 16.8 Å². The third kappa shape index (κ3) is 6.53. The highest BCUT2D eigenvalue weighted by atomic mass is 16.3. The van der Waals surface area contributed by atoms with E-state index < -0.39 is 30.4 Å². The maximum Gasteiger partial charge on any atom is 0.251 e. The lowest BCUT2D eigenvalue weighted by Gasteiger charge is -2.14. The Balaban J connectivity index is 2.01. The lowest BCUT2D eigenvalue weighted by molar-refractivity contribution is -0.123. The number of amides is 2. The molecule has 2 atom stereocenters. The Kier molecular flexibility index (Phi) is 8.26. The first-order chi connectivity index (χ1) is 14.3. The first-order valence-electron chi connectivity index (χ1n) is 9.27. The number of carbonyl (C=O) groups is 3. The molecule has 2 aromatic rings. The van der Waals surface area contributed by atoms with Crippen molar-refractivity contribution in [2.24, 2.45) is 11.5 Å². The number of Topliss-reactive ketones (excluding diaryl/α,β-unsaturated/α-hetero) is 1. The van der Waals surface area contributed by atoms with Crippen LogP contribution in [-0.2, 0) is 9.59 Å². The molecule has 0 spiro atoms. The second-order valence-corrected chi connectivity index (χ2v) is 6.57. The van der Waals surface area contributed by atoms with Gasteiger partial charge in [0, 0.05) is 28.9 Å².